The number of nitrogens with zero attached hydrogens (tertiary/aromatic N) is 1. The van der Waals surface area contributed by atoms with Crippen LogP contribution < -0.4 is 5.32 Å². The summed E-state index contributed by atoms with van der Waals surface area (Å²) in [4.78, 5) is 15.8. The fourth-order valence-corrected chi connectivity index (χ4v) is 2.88. The number of rotatable bonds is 3. The molecular formula is C14H18Cl2N2O2. The van der Waals surface area contributed by atoms with Crippen molar-refractivity contribution in [2.45, 2.75) is 38.2 Å². The van der Waals surface area contributed by atoms with Crippen molar-refractivity contribution in [3.05, 3.63) is 28.0 Å². The Hall–Kier alpha value is -0.840. The van der Waals surface area contributed by atoms with Gasteiger partial charge in [0.15, 0.2) is 0 Å². The highest BCUT2D eigenvalue weighted by Crippen LogP contribution is 2.31. The van der Waals surface area contributed by atoms with Crippen LogP contribution in [-0.4, -0.2) is 28.1 Å². The third kappa shape index (κ3) is 4.08. The van der Waals surface area contributed by atoms with Gasteiger partial charge in [0.1, 0.15) is 10.3 Å². The maximum absolute atomic E-state index is 12.0. The first-order chi connectivity index (χ1) is 9.38. The molecule has 0 bridgehead atoms. The van der Waals surface area contributed by atoms with Crippen LogP contribution in [0.1, 0.15) is 43.0 Å². The van der Waals surface area contributed by atoms with Crippen LogP contribution in [0, 0.1) is 5.92 Å². The zero-order valence-corrected chi connectivity index (χ0v) is 12.8. The van der Waals surface area contributed by atoms with Crippen LogP contribution in [0.5, 0.6) is 0 Å². The highest BCUT2D eigenvalue weighted by molar-refractivity contribution is 6.33. The van der Waals surface area contributed by atoms with Crippen LogP contribution in [0.2, 0.25) is 10.3 Å². The number of carbonyl (C=O) groups excluding carboxylic acids is 1. The van der Waals surface area contributed by atoms with Crippen LogP contribution in [0.25, 0.3) is 0 Å². The molecule has 2 rings (SSSR count). The summed E-state index contributed by atoms with van der Waals surface area (Å²) >= 11 is 11.5. The molecule has 0 aliphatic heterocycles. The van der Waals surface area contributed by atoms with Crippen molar-refractivity contribution in [1.29, 1.82) is 0 Å². The van der Waals surface area contributed by atoms with Gasteiger partial charge in [-0.25, -0.2) is 4.98 Å². The number of aromatic nitrogens is 1. The van der Waals surface area contributed by atoms with Gasteiger partial charge in [0.05, 0.1) is 5.60 Å². The van der Waals surface area contributed by atoms with Crippen LogP contribution in [-0.2, 0) is 0 Å². The van der Waals surface area contributed by atoms with E-state index >= 15 is 0 Å². The summed E-state index contributed by atoms with van der Waals surface area (Å²) in [5.74, 6) is 0.340. The molecule has 0 unspecified atom stereocenters. The first-order valence-corrected chi connectivity index (χ1v) is 7.47. The minimum absolute atomic E-state index is 0.174. The molecule has 20 heavy (non-hydrogen) atoms. The lowest BCUT2D eigenvalue weighted by Gasteiger charge is -2.34. The minimum atomic E-state index is -0.803. The molecule has 0 atom stereocenters. The fraction of sp³-hybridized carbons (Fsp3) is 0.571. The molecule has 0 radical (unpaired) electrons. The van der Waals surface area contributed by atoms with Gasteiger partial charge >= 0.3 is 0 Å². The Labute approximate surface area is 128 Å². The van der Waals surface area contributed by atoms with E-state index in [1.165, 1.54) is 12.1 Å². The Morgan fingerprint density at radius 2 is 1.95 bits per heavy atom. The molecule has 6 heteroatoms. The topological polar surface area (TPSA) is 62.2 Å². The number of pyridine rings is 1. The smallest absolute Gasteiger partial charge is 0.251 e. The van der Waals surface area contributed by atoms with Crippen LogP contribution in [0.15, 0.2) is 12.1 Å². The number of nitrogens with one attached hydrogen (secondary N) is 1. The molecular weight excluding hydrogens is 299 g/mol. The normalized spacial score (nSPS) is 26.3. The SMILES string of the molecule is CC1CCC(O)(CNC(=O)c2cc(Cl)nc(Cl)c2)CC1. The third-order valence-corrected chi connectivity index (χ3v) is 4.20. The summed E-state index contributed by atoms with van der Waals surface area (Å²) < 4.78 is 0. The molecule has 1 fully saturated rings. The van der Waals surface area contributed by atoms with Gasteiger partial charge in [0.2, 0.25) is 0 Å². The minimum Gasteiger partial charge on any atom is -0.388 e. The average Bonchev–Trinajstić information content (AvgIpc) is 2.39. The van der Waals surface area contributed by atoms with Crippen molar-refractivity contribution >= 4 is 29.1 Å². The van der Waals surface area contributed by atoms with Crippen molar-refractivity contribution in [3.8, 4) is 0 Å². The van der Waals surface area contributed by atoms with Crippen LogP contribution >= 0.6 is 23.2 Å². The number of hydrogen-bond acceptors (Lipinski definition) is 3. The molecule has 4 nitrogen and oxygen atoms in total. The Bertz CT molecular complexity index is 480. The Morgan fingerprint density at radius 1 is 1.40 bits per heavy atom. The summed E-state index contributed by atoms with van der Waals surface area (Å²) in [5.41, 5.74) is -0.453. The maximum atomic E-state index is 12.0. The number of halogens is 2. The molecule has 1 heterocycles. The molecule has 1 amide bonds. The zero-order chi connectivity index (χ0) is 14.8. The lowest BCUT2D eigenvalue weighted by molar-refractivity contribution is -0.00539. The third-order valence-electron chi connectivity index (χ3n) is 3.81. The van der Waals surface area contributed by atoms with E-state index in [2.05, 4.69) is 17.2 Å². The molecule has 110 valence electrons. The van der Waals surface area contributed by atoms with Gasteiger partial charge in [0, 0.05) is 12.1 Å². The van der Waals surface area contributed by atoms with E-state index in [4.69, 9.17) is 23.2 Å². The predicted molar refractivity (Wildman–Crippen MR) is 79.2 cm³/mol. The van der Waals surface area contributed by atoms with E-state index < -0.39 is 5.60 Å². The van der Waals surface area contributed by atoms with Gasteiger partial charge in [-0.15, -0.1) is 0 Å². The largest absolute Gasteiger partial charge is 0.388 e. The molecule has 0 spiro atoms. The number of hydrogen-bond donors (Lipinski definition) is 2. The molecule has 1 aliphatic rings. The molecule has 1 aromatic rings. The van der Waals surface area contributed by atoms with Crippen molar-refractivity contribution in [3.63, 3.8) is 0 Å². The highest BCUT2D eigenvalue weighted by Gasteiger charge is 2.32. The number of carbonyl (C=O) groups is 1. The number of amides is 1. The van der Waals surface area contributed by atoms with E-state index in [0.717, 1.165) is 12.8 Å². The van der Waals surface area contributed by atoms with Crippen LogP contribution in [0.4, 0.5) is 0 Å². The average molecular weight is 317 g/mol. The van der Waals surface area contributed by atoms with Gasteiger partial charge in [-0.3, -0.25) is 4.79 Å². The highest BCUT2D eigenvalue weighted by atomic mass is 35.5. The Morgan fingerprint density at radius 3 is 2.50 bits per heavy atom. The van der Waals surface area contributed by atoms with E-state index in [9.17, 15) is 9.90 Å². The molecule has 2 N–H and O–H groups in total. The summed E-state index contributed by atoms with van der Waals surface area (Å²) in [5, 5.41) is 13.5. The van der Waals surface area contributed by atoms with E-state index in [1.807, 2.05) is 0 Å². The van der Waals surface area contributed by atoms with Gasteiger partial charge in [-0.2, -0.15) is 0 Å². The summed E-state index contributed by atoms with van der Waals surface area (Å²) in [6.45, 7) is 2.43. The van der Waals surface area contributed by atoms with Crippen molar-refractivity contribution in [2.24, 2.45) is 5.92 Å². The predicted octanol–water partition coefficient (Wildman–Crippen LogP) is 3.06. The van der Waals surface area contributed by atoms with Crippen molar-refractivity contribution in [2.75, 3.05) is 6.54 Å². The Kier molecular flexibility index (Phi) is 4.89. The van der Waals surface area contributed by atoms with Crippen molar-refractivity contribution < 1.29 is 9.90 Å². The Balaban J connectivity index is 1.95. The molecule has 1 aliphatic carbocycles. The molecule has 0 saturated heterocycles. The van der Waals surface area contributed by atoms with E-state index in [1.54, 1.807) is 0 Å². The molecule has 1 saturated carbocycles. The zero-order valence-electron chi connectivity index (χ0n) is 11.3. The lowest BCUT2D eigenvalue weighted by atomic mass is 9.79. The number of aliphatic hydroxyl groups is 1. The van der Waals surface area contributed by atoms with Gasteiger partial charge in [-0.1, -0.05) is 30.1 Å². The van der Waals surface area contributed by atoms with Gasteiger partial charge in [0.25, 0.3) is 5.91 Å². The quantitative estimate of drug-likeness (QED) is 0.842. The molecule has 0 aromatic carbocycles. The fourth-order valence-electron chi connectivity index (χ4n) is 2.42. The first-order valence-electron chi connectivity index (χ1n) is 6.72. The van der Waals surface area contributed by atoms with E-state index in [0.29, 0.717) is 24.3 Å². The monoisotopic (exact) mass is 316 g/mol. The first kappa shape index (κ1) is 15.5. The maximum Gasteiger partial charge on any atom is 0.251 e. The molecule has 1 aromatic heterocycles. The van der Waals surface area contributed by atoms with E-state index in [-0.39, 0.29) is 22.8 Å². The second-order valence-electron chi connectivity index (χ2n) is 5.59. The standard InChI is InChI=1S/C14H18Cl2N2O2/c1-9-2-4-14(20,5-3-9)8-17-13(19)10-6-11(15)18-12(16)7-10/h6-7,9,20H,2-5,8H2,1H3,(H,17,19). The van der Waals surface area contributed by atoms with Crippen molar-refractivity contribution in [1.82, 2.24) is 10.3 Å². The van der Waals surface area contributed by atoms with Gasteiger partial charge < -0.3 is 10.4 Å². The summed E-state index contributed by atoms with van der Waals surface area (Å²) in [6, 6.07) is 2.91. The second-order valence-corrected chi connectivity index (χ2v) is 6.37. The second kappa shape index (κ2) is 6.29. The van der Waals surface area contributed by atoms with Gasteiger partial charge in [-0.05, 0) is 43.7 Å². The summed E-state index contributed by atoms with van der Waals surface area (Å²) in [7, 11) is 0. The van der Waals surface area contributed by atoms with Crippen LogP contribution in [0.3, 0.4) is 0 Å². The lowest BCUT2D eigenvalue weighted by Crippen LogP contribution is -2.45. The summed E-state index contributed by atoms with van der Waals surface area (Å²) in [6.07, 6.45) is 3.40.